The lowest BCUT2D eigenvalue weighted by molar-refractivity contribution is 0.599. The average Bonchev–Trinajstić information content (AvgIpc) is 2.68. The second-order valence-corrected chi connectivity index (χ2v) is 6.24. The van der Waals surface area contributed by atoms with Crippen LogP contribution in [0.15, 0.2) is 17.5 Å². The van der Waals surface area contributed by atoms with Gasteiger partial charge in [-0.1, -0.05) is 6.07 Å². The fourth-order valence-electron chi connectivity index (χ4n) is 1.12. The summed E-state index contributed by atoms with van der Waals surface area (Å²) in [5.41, 5.74) is 0. The van der Waals surface area contributed by atoms with Gasteiger partial charge in [0.05, 0.1) is 4.88 Å². The molecule has 0 fully saturated rings. The van der Waals surface area contributed by atoms with Crippen LogP contribution in [-0.4, -0.2) is 29.9 Å². The normalized spacial score (nSPS) is 11.8. The highest BCUT2D eigenvalue weighted by atomic mass is 32.2. The molecule has 80 valence electrons. The van der Waals surface area contributed by atoms with Gasteiger partial charge in [-0.2, -0.15) is 5.10 Å². The van der Waals surface area contributed by atoms with Gasteiger partial charge in [-0.25, -0.2) is 13.4 Å². The molecule has 0 atom stereocenters. The molecular weight excluding hydrogens is 234 g/mol. The highest BCUT2D eigenvalue weighted by Gasteiger charge is 2.11. The zero-order valence-electron chi connectivity index (χ0n) is 7.97. The number of sulfone groups is 1. The molecule has 7 heteroatoms. The van der Waals surface area contributed by atoms with Gasteiger partial charge < -0.3 is 0 Å². The molecule has 0 radical (unpaired) electrons. The lowest BCUT2D eigenvalue weighted by Crippen LogP contribution is -2.02. The molecule has 2 rings (SSSR count). The maximum atomic E-state index is 11.0. The molecule has 15 heavy (non-hydrogen) atoms. The van der Waals surface area contributed by atoms with Crippen molar-refractivity contribution >= 4 is 21.2 Å². The van der Waals surface area contributed by atoms with Crippen molar-refractivity contribution < 1.29 is 8.42 Å². The zero-order chi connectivity index (χ0) is 10.9. The van der Waals surface area contributed by atoms with Gasteiger partial charge in [0.1, 0.15) is 11.6 Å². The van der Waals surface area contributed by atoms with Gasteiger partial charge in [0, 0.05) is 6.26 Å². The van der Waals surface area contributed by atoms with Crippen LogP contribution >= 0.6 is 11.3 Å². The second-order valence-electron chi connectivity index (χ2n) is 3.15. The smallest absolute Gasteiger partial charge is 0.191 e. The third-order valence-electron chi connectivity index (χ3n) is 1.67. The van der Waals surface area contributed by atoms with Crippen molar-refractivity contribution in [2.45, 2.75) is 5.75 Å². The van der Waals surface area contributed by atoms with E-state index in [4.69, 9.17) is 0 Å². The number of hydrogen-bond donors (Lipinski definition) is 1. The Kier molecular flexibility index (Phi) is 2.57. The number of hydrogen-bond acceptors (Lipinski definition) is 5. The van der Waals surface area contributed by atoms with Crippen LogP contribution < -0.4 is 0 Å². The minimum absolute atomic E-state index is 0.106. The van der Waals surface area contributed by atoms with Gasteiger partial charge in [0.25, 0.3) is 0 Å². The highest BCUT2D eigenvalue weighted by Crippen LogP contribution is 2.20. The summed E-state index contributed by atoms with van der Waals surface area (Å²) >= 11 is 1.51. The lowest BCUT2D eigenvalue weighted by Gasteiger charge is -1.90. The molecule has 0 aliphatic rings. The van der Waals surface area contributed by atoms with E-state index in [1.54, 1.807) is 0 Å². The highest BCUT2D eigenvalue weighted by molar-refractivity contribution is 7.89. The molecule has 0 bridgehead atoms. The van der Waals surface area contributed by atoms with Gasteiger partial charge in [0.15, 0.2) is 15.7 Å². The summed E-state index contributed by atoms with van der Waals surface area (Å²) in [6, 6.07) is 3.78. The summed E-state index contributed by atoms with van der Waals surface area (Å²) in [5.74, 6) is 0.815. The average molecular weight is 243 g/mol. The molecule has 0 saturated carbocycles. The molecule has 2 aromatic heterocycles. The van der Waals surface area contributed by atoms with E-state index in [9.17, 15) is 8.42 Å². The van der Waals surface area contributed by atoms with Crippen molar-refractivity contribution in [1.82, 2.24) is 15.2 Å². The predicted molar refractivity (Wildman–Crippen MR) is 58.2 cm³/mol. The number of rotatable bonds is 3. The van der Waals surface area contributed by atoms with Crippen LogP contribution in [-0.2, 0) is 15.6 Å². The van der Waals surface area contributed by atoms with Crippen LogP contribution in [0.1, 0.15) is 5.82 Å². The fourth-order valence-corrected chi connectivity index (χ4v) is 2.41. The van der Waals surface area contributed by atoms with Gasteiger partial charge in [0.2, 0.25) is 0 Å². The number of aromatic amines is 1. The van der Waals surface area contributed by atoms with Crippen LogP contribution in [0.4, 0.5) is 0 Å². The van der Waals surface area contributed by atoms with Crippen LogP contribution in [0.2, 0.25) is 0 Å². The molecule has 0 aliphatic heterocycles. The number of thiophene rings is 1. The summed E-state index contributed by atoms with van der Waals surface area (Å²) in [7, 11) is -3.06. The Morgan fingerprint density at radius 1 is 1.53 bits per heavy atom. The molecule has 0 aromatic carbocycles. The summed E-state index contributed by atoms with van der Waals surface area (Å²) in [6.07, 6.45) is 1.17. The van der Waals surface area contributed by atoms with Crippen LogP contribution in [0, 0.1) is 0 Å². The predicted octanol–water partition coefficient (Wildman–Crippen LogP) is 1.08. The largest absolute Gasteiger partial charge is 0.262 e. The molecule has 1 N–H and O–H groups in total. The fraction of sp³-hybridized carbons (Fsp3) is 0.250. The van der Waals surface area contributed by atoms with Crippen molar-refractivity contribution in [3.05, 3.63) is 23.3 Å². The molecule has 5 nitrogen and oxygen atoms in total. The Hall–Kier alpha value is -1.21. The minimum Gasteiger partial charge on any atom is -0.262 e. The second kappa shape index (κ2) is 3.74. The van der Waals surface area contributed by atoms with Crippen molar-refractivity contribution in [3.63, 3.8) is 0 Å². The molecule has 0 saturated heterocycles. The van der Waals surface area contributed by atoms with Crippen LogP contribution in [0.5, 0.6) is 0 Å². The number of H-pyrrole nitrogens is 1. The van der Waals surface area contributed by atoms with E-state index >= 15 is 0 Å². The third kappa shape index (κ3) is 2.63. The third-order valence-corrected chi connectivity index (χ3v) is 3.34. The number of nitrogens with one attached hydrogen (secondary N) is 1. The number of aromatic nitrogens is 3. The van der Waals surface area contributed by atoms with E-state index in [1.165, 1.54) is 17.6 Å². The maximum Gasteiger partial charge on any atom is 0.191 e. The standard InChI is InChI=1S/C8H9N3O2S2/c1-15(12,13)5-7-9-8(11-10-7)6-3-2-4-14-6/h2-4H,5H2,1H3,(H,9,10,11). The van der Waals surface area contributed by atoms with Crippen molar-refractivity contribution in [3.8, 4) is 10.7 Å². The van der Waals surface area contributed by atoms with E-state index in [0.29, 0.717) is 11.6 Å². The molecule has 2 aromatic rings. The maximum absolute atomic E-state index is 11.0. The van der Waals surface area contributed by atoms with E-state index in [0.717, 1.165) is 4.88 Å². The summed E-state index contributed by atoms with van der Waals surface area (Å²) in [6.45, 7) is 0. The van der Waals surface area contributed by atoms with Crippen LogP contribution in [0.3, 0.4) is 0 Å². The molecule has 0 amide bonds. The van der Waals surface area contributed by atoms with Crippen LogP contribution in [0.25, 0.3) is 10.7 Å². The SMILES string of the molecule is CS(=O)(=O)Cc1nc(-c2cccs2)n[nH]1. The van der Waals surface area contributed by atoms with Gasteiger partial charge in [-0.3, -0.25) is 5.10 Å². The topological polar surface area (TPSA) is 75.7 Å². The molecule has 0 aliphatic carbocycles. The summed E-state index contributed by atoms with van der Waals surface area (Å²) in [5, 5.41) is 8.49. The van der Waals surface area contributed by atoms with Crippen molar-refractivity contribution in [1.29, 1.82) is 0 Å². The molecular formula is C8H9N3O2S2. The van der Waals surface area contributed by atoms with Gasteiger partial charge >= 0.3 is 0 Å². The van der Waals surface area contributed by atoms with Gasteiger partial charge in [-0.05, 0) is 11.4 Å². The Balaban J connectivity index is 2.25. The Morgan fingerprint density at radius 3 is 2.93 bits per heavy atom. The first kappa shape index (κ1) is 10.3. The van der Waals surface area contributed by atoms with Crippen molar-refractivity contribution in [2.24, 2.45) is 0 Å². The van der Waals surface area contributed by atoms with Crippen molar-refractivity contribution in [2.75, 3.05) is 6.26 Å². The molecule has 0 spiro atoms. The quantitative estimate of drug-likeness (QED) is 0.875. The minimum atomic E-state index is -3.06. The first-order chi connectivity index (χ1) is 7.04. The lowest BCUT2D eigenvalue weighted by atomic mass is 10.4. The van der Waals surface area contributed by atoms with E-state index < -0.39 is 9.84 Å². The Morgan fingerprint density at radius 2 is 2.33 bits per heavy atom. The number of nitrogens with zero attached hydrogens (tertiary/aromatic N) is 2. The first-order valence-corrected chi connectivity index (χ1v) is 7.11. The molecule has 2 heterocycles. The monoisotopic (exact) mass is 243 g/mol. The van der Waals surface area contributed by atoms with E-state index in [2.05, 4.69) is 15.2 Å². The Labute approximate surface area is 91.1 Å². The summed E-state index contributed by atoms with van der Waals surface area (Å²) < 4.78 is 22.0. The Bertz CT molecular complexity index is 542. The molecule has 0 unspecified atom stereocenters. The first-order valence-electron chi connectivity index (χ1n) is 4.17. The van der Waals surface area contributed by atoms with E-state index in [-0.39, 0.29) is 5.75 Å². The van der Waals surface area contributed by atoms with E-state index in [1.807, 2.05) is 17.5 Å². The van der Waals surface area contributed by atoms with Gasteiger partial charge in [-0.15, -0.1) is 11.3 Å². The zero-order valence-corrected chi connectivity index (χ0v) is 9.60. The summed E-state index contributed by atoms with van der Waals surface area (Å²) in [4.78, 5) is 5.02.